The number of nitrogens with zero attached hydrogens (tertiary/aromatic N) is 1. The second-order valence-electron chi connectivity index (χ2n) is 6.35. The Balaban J connectivity index is 2.24. The number of benzene rings is 2. The third-order valence-corrected chi connectivity index (χ3v) is 4.20. The van der Waals surface area contributed by atoms with Crippen molar-refractivity contribution in [2.45, 2.75) is 19.5 Å². The van der Waals surface area contributed by atoms with Crippen LogP contribution in [0.5, 0.6) is 0 Å². The number of aliphatic carboxylic acids is 1. The summed E-state index contributed by atoms with van der Waals surface area (Å²) >= 11 is 0. The van der Waals surface area contributed by atoms with Gasteiger partial charge in [-0.2, -0.15) is 0 Å². The first kappa shape index (κ1) is 21.6. The monoisotopic (exact) mass is 401 g/mol. The summed E-state index contributed by atoms with van der Waals surface area (Å²) in [6.07, 6.45) is -0.147. The van der Waals surface area contributed by atoms with Crippen LogP contribution in [0.1, 0.15) is 48.6 Å². The van der Waals surface area contributed by atoms with Gasteiger partial charge in [-0.15, -0.1) is 0 Å². The molecule has 0 bridgehead atoms. The fraction of sp³-hybridized carbons (Fsp3) is 0.200. The Hall–Kier alpha value is -3.72. The van der Waals surface area contributed by atoms with Crippen LogP contribution in [0, 0.1) is 0 Å². The molecule has 0 saturated carbocycles. The summed E-state index contributed by atoms with van der Waals surface area (Å²) in [7, 11) is 0. The van der Waals surface area contributed by atoms with Crippen LogP contribution in [0.3, 0.4) is 0 Å². The maximum Gasteiger partial charge on any atom is 0.336 e. The standard InChI is InChI=1S/C20H19NO8/c22-17(23)7-8-21(10-12-1-4-14(5-2-12)18(24)25)11-13-3-6-15(19(26)27)16(9-13)20(28)29/h1-6,9H,7-8,10-11H2,(H,22,23)(H,24,25)(H,26,27)(H,28,29). The third-order valence-electron chi connectivity index (χ3n) is 4.20. The lowest BCUT2D eigenvalue weighted by atomic mass is 10.0. The Kier molecular flexibility index (Phi) is 7.05. The van der Waals surface area contributed by atoms with Gasteiger partial charge in [0, 0.05) is 19.6 Å². The highest BCUT2D eigenvalue weighted by Crippen LogP contribution is 2.17. The smallest absolute Gasteiger partial charge is 0.336 e. The van der Waals surface area contributed by atoms with E-state index >= 15 is 0 Å². The van der Waals surface area contributed by atoms with Crippen molar-refractivity contribution in [3.05, 3.63) is 70.3 Å². The van der Waals surface area contributed by atoms with Gasteiger partial charge >= 0.3 is 23.9 Å². The molecular formula is C20H19NO8. The van der Waals surface area contributed by atoms with Crippen LogP contribution in [0.15, 0.2) is 42.5 Å². The normalized spacial score (nSPS) is 10.7. The average molecular weight is 401 g/mol. The Labute approximate surface area is 165 Å². The number of carbonyl (C=O) groups is 4. The number of hydrogen-bond acceptors (Lipinski definition) is 5. The average Bonchev–Trinajstić information content (AvgIpc) is 2.66. The maximum atomic E-state index is 11.4. The largest absolute Gasteiger partial charge is 0.481 e. The fourth-order valence-corrected chi connectivity index (χ4v) is 2.79. The van der Waals surface area contributed by atoms with E-state index in [1.54, 1.807) is 17.0 Å². The van der Waals surface area contributed by atoms with Gasteiger partial charge in [-0.05, 0) is 35.4 Å². The molecule has 0 radical (unpaired) electrons. The number of carboxylic acid groups (broad SMARTS) is 4. The van der Waals surface area contributed by atoms with Gasteiger partial charge in [0.2, 0.25) is 0 Å². The van der Waals surface area contributed by atoms with E-state index in [9.17, 15) is 24.3 Å². The summed E-state index contributed by atoms with van der Waals surface area (Å²) in [5.41, 5.74) is 0.712. The van der Waals surface area contributed by atoms with E-state index in [0.29, 0.717) is 12.1 Å². The second kappa shape index (κ2) is 9.47. The Morgan fingerprint density at radius 1 is 0.690 bits per heavy atom. The van der Waals surface area contributed by atoms with Crippen molar-refractivity contribution in [1.29, 1.82) is 0 Å². The molecule has 152 valence electrons. The molecule has 0 aliphatic heterocycles. The molecule has 0 fully saturated rings. The maximum absolute atomic E-state index is 11.4. The van der Waals surface area contributed by atoms with Crippen molar-refractivity contribution in [3.63, 3.8) is 0 Å². The lowest BCUT2D eigenvalue weighted by Crippen LogP contribution is -2.26. The summed E-state index contributed by atoms with van der Waals surface area (Å²) in [4.78, 5) is 46.2. The first-order valence-electron chi connectivity index (χ1n) is 8.53. The number of aromatic carboxylic acids is 3. The molecule has 0 unspecified atom stereocenters. The highest BCUT2D eigenvalue weighted by atomic mass is 16.4. The summed E-state index contributed by atoms with van der Waals surface area (Å²) in [6, 6.07) is 10.1. The zero-order valence-corrected chi connectivity index (χ0v) is 15.2. The molecule has 0 heterocycles. The van der Waals surface area contributed by atoms with Gasteiger partial charge in [0.1, 0.15) is 0 Å². The van der Waals surface area contributed by atoms with Crippen LogP contribution in [-0.4, -0.2) is 55.7 Å². The third kappa shape index (κ3) is 6.15. The second-order valence-corrected chi connectivity index (χ2v) is 6.35. The van der Waals surface area contributed by atoms with Crippen molar-refractivity contribution < 1.29 is 39.6 Å². The van der Waals surface area contributed by atoms with Crippen molar-refractivity contribution >= 4 is 23.9 Å². The molecule has 29 heavy (non-hydrogen) atoms. The quantitative estimate of drug-likeness (QED) is 0.469. The molecule has 2 aromatic carbocycles. The molecule has 0 aromatic heterocycles. The summed E-state index contributed by atoms with van der Waals surface area (Å²) in [5, 5.41) is 36.3. The van der Waals surface area contributed by atoms with Gasteiger partial charge in [0.25, 0.3) is 0 Å². The minimum Gasteiger partial charge on any atom is -0.481 e. The van der Waals surface area contributed by atoms with Crippen molar-refractivity contribution in [2.24, 2.45) is 0 Å². The van der Waals surface area contributed by atoms with Gasteiger partial charge in [-0.25, -0.2) is 14.4 Å². The van der Waals surface area contributed by atoms with Gasteiger partial charge in [-0.3, -0.25) is 9.69 Å². The molecule has 9 heteroatoms. The molecule has 4 N–H and O–H groups in total. The van der Waals surface area contributed by atoms with Gasteiger partial charge in [0.05, 0.1) is 23.1 Å². The molecule has 0 spiro atoms. The SMILES string of the molecule is O=C(O)CCN(Cc1ccc(C(=O)O)cc1)Cc1ccc(C(=O)O)c(C(=O)O)c1. The predicted molar refractivity (Wildman–Crippen MR) is 100 cm³/mol. The van der Waals surface area contributed by atoms with E-state index in [-0.39, 0.29) is 36.2 Å². The highest BCUT2D eigenvalue weighted by Gasteiger charge is 2.18. The molecule has 0 atom stereocenters. The molecular weight excluding hydrogens is 382 g/mol. The molecule has 0 saturated heterocycles. The van der Waals surface area contributed by atoms with Gasteiger partial charge in [0.15, 0.2) is 0 Å². The summed E-state index contributed by atoms with van der Waals surface area (Å²) in [6.45, 7) is 0.656. The van der Waals surface area contributed by atoms with E-state index in [1.165, 1.54) is 30.3 Å². The molecule has 0 aliphatic carbocycles. The van der Waals surface area contributed by atoms with E-state index in [2.05, 4.69) is 0 Å². The highest BCUT2D eigenvalue weighted by molar-refractivity contribution is 6.01. The van der Waals surface area contributed by atoms with Crippen LogP contribution in [-0.2, 0) is 17.9 Å². The van der Waals surface area contributed by atoms with E-state index in [0.717, 1.165) is 5.56 Å². The lowest BCUT2D eigenvalue weighted by molar-refractivity contribution is -0.137. The number of rotatable bonds is 10. The van der Waals surface area contributed by atoms with Gasteiger partial charge < -0.3 is 20.4 Å². The van der Waals surface area contributed by atoms with Crippen LogP contribution in [0.2, 0.25) is 0 Å². The molecule has 0 amide bonds. The molecule has 9 nitrogen and oxygen atoms in total. The van der Waals surface area contributed by atoms with E-state index in [4.69, 9.17) is 15.3 Å². The zero-order valence-electron chi connectivity index (χ0n) is 15.2. The first-order chi connectivity index (χ1) is 13.7. The molecule has 2 aromatic rings. The van der Waals surface area contributed by atoms with Crippen molar-refractivity contribution in [3.8, 4) is 0 Å². The number of hydrogen-bond donors (Lipinski definition) is 4. The zero-order chi connectivity index (χ0) is 21.6. The lowest BCUT2D eigenvalue weighted by Gasteiger charge is -2.22. The van der Waals surface area contributed by atoms with E-state index < -0.39 is 23.9 Å². The number of carboxylic acids is 4. The Morgan fingerprint density at radius 3 is 1.76 bits per heavy atom. The van der Waals surface area contributed by atoms with Crippen LogP contribution < -0.4 is 0 Å². The van der Waals surface area contributed by atoms with Crippen LogP contribution in [0.4, 0.5) is 0 Å². The molecule has 2 rings (SSSR count). The van der Waals surface area contributed by atoms with E-state index in [1.807, 2.05) is 0 Å². The van der Waals surface area contributed by atoms with Crippen molar-refractivity contribution in [2.75, 3.05) is 6.54 Å². The topological polar surface area (TPSA) is 152 Å². The Morgan fingerprint density at radius 2 is 1.24 bits per heavy atom. The minimum absolute atomic E-state index is 0.126. The van der Waals surface area contributed by atoms with Crippen molar-refractivity contribution in [1.82, 2.24) is 4.90 Å². The minimum atomic E-state index is -1.37. The summed E-state index contributed by atoms with van der Waals surface area (Å²) < 4.78 is 0. The summed E-state index contributed by atoms with van der Waals surface area (Å²) in [5.74, 6) is -4.77. The molecule has 0 aliphatic rings. The first-order valence-corrected chi connectivity index (χ1v) is 8.53. The van der Waals surface area contributed by atoms with Gasteiger partial charge in [-0.1, -0.05) is 18.2 Å². The fourth-order valence-electron chi connectivity index (χ4n) is 2.79. The van der Waals surface area contributed by atoms with Crippen LogP contribution in [0.25, 0.3) is 0 Å². The Bertz CT molecular complexity index is 936. The predicted octanol–water partition coefficient (Wildman–Crippen LogP) is 2.26. The van der Waals surface area contributed by atoms with Crippen LogP contribution >= 0.6 is 0 Å².